The van der Waals surface area contributed by atoms with Gasteiger partial charge in [0.1, 0.15) is 5.82 Å². The van der Waals surface area contributed by atoms with E-state index in [2.05, 4.69) is 24.0 Å². The van der Waals surface area contributed by atoms with Crippen LogP contribution in [0, 0.1) is 11.7 Å². The van der Waals surface area contributed by atoms with E-state index in [0.29, 0.717) is 17.4 Å². The first-order chi connectivity index (χ1) is 8.56. The third-order valence-electron chi connectivity index (χ3n) is 2.64. The zero-order chi connectivity index (χ0) is 13.1. The molecule has 0 fully saturated rings. The Balaban J connectivity index is 2.18. The van der Waals surface area contributed by atoms with Gasteiger partial charge in [-0.05, 0) is 30.5 Å². The van der Waals surface area contributed by atoms with E-state index in [-0.39, 0.29) is 11.5 Å². The Hall–Kier alpha value is -1.91. The topological polar surface area (TPSA) is 64.9 Å². The average Bonchev–Trinajstić information content (AvgIpc) is 2.75. The van der Waals surface area contributed by atoms with Crippen molar-refractivity contribution in [2.45, 2.75) is 26.7 Å². The molecule has 2 aromatic rings. The number of anilines is 1. The summed E-state index contributed by atoms with van der Waals surface area (Å²) in [6, 6.07) is 4.40. The monoisotopic (exact) mass is 249 g/mol. The van der Waals surface area contributed by atoms with Gasteiger partial charge in [0.25, 0.3) is 5.89 Å². The second-order valence-corrected chi connectivity index (χ2v) is 4.69. The maximum absolute atomic E-state index is 13.7. The number of rotatable bonds is 4. The van der Waals surface area contributed by atoms with Gasteiger partial charge in [-0.3, -0.25) is 0 Å². The molecule has 18 heavy (non-hydrogen) atoms. The zero-order valence-corrected chi connectivity index (χ0v) is 10.5. The number of nitrogens with zero attached hydrogens (tertiary/aromatic N) is 2. The minimum atomic E-state index is -0.450. The fourth-order valence-corrected chi connectivity index (χ4v) is 1.59. The molecule has 1 aromatic heterocycles. The molecule has 2 N–H and O–H groups in total. The maximum Gasteiger partial charge on any atom is 0.260 e. The number of nitrogen functional groups attached to an aromatic ring is 1. The van der Waals surface area contributed by atoms with Gasteiger partial charge in [0.15, 0.2) is 5.82 Å². The second-order valence-electron chi connectivity index (χ2n) is 4.69. The molecule has 96 valence electrons. The molecule has 0 spiro atoms. The van der Waals surface area contributed by atoms with E-state index < -0.39 is 5.82 Å². The first kappa shape index (κ1) is 12.5. The molecule has 0 aliphatic rings. The second kappa shape index (κ2) is 5.16. The third kappa shape index (κ3) is 2.85. The summed E-state index contributed by atoms with van der Waals surface area (Å²) in [5.74, 6) is 0.926. The summed E-state index contributed by atoms with van der Waals surface area (Å²) < 4.78 is 18.7. The van der Waals surface area contributed by atoms with Gasteiger partial charge in [0, 0.05) is 12.1 Å². The highest BCUT2D eigenvalue weighted by Gasteiger charge is 2.13. The number of nitrogens with two attached hydrogens (primary N) is 1. The van der Waals surface area contributed by atoms with Gasteiger partial charge in [-0.15, -0.1) is 0 Å². The van der Waals surface area contributed by atoms with Crippen LogP contribution in [-0.4, -0.2) is 10.1 Å². The van der Waals surface area contributed by atoms with E-state index in [9.17, 15) is 4.39 Å². The Morgan fingerprint density at radius 3 is 2.83 bits per heavy atom. The van der Waals surface area contributed by atoms with E-state index in [4.69, 9.17) is 10.3 Å². The largest absolute Gasteiger partial charge is 0.399 e. The predicted octanol–water partition coefficient (Wildman–Crippen LogP) is 3.05. The molecule has 4 nitrogen and oxygen atoms in total. The highest BCUT2D eigenvalue weighted by molar-refractivity contribution is 5.58. The molecule has 0 aliphatic heterocycles. The number of aryl methyl sites for hydroxylation is 1. The molecule has 1 aromatic carbocycles. The van der Waals surface area contributed by atoms with Crippen LogP contribution in [0.5, 0.6) is 0 Å². The van der Waals surface area contributed by atoms with Crippen LogP contribution >= 0.6 is 0 Å². The van der Waals surface area contributed by atoms with E-state index in [0.717, 1.165) is 12.8 Å². The van der Waals surface area contributed by atoms with Crippen LogP contribution in [0.4, 0.5) is 10.1 Å². The van der Waals surface area contributed by atoms with E-state index in [1.807, 2.05) is 0 Å². The first-order valence-corrected chi connectivity index (χ1v) is 5.94. The van der Waals surface area contributed by atoms with Crippen LogP contribution in [-0.2, 0) is 6.42 Å². The van der Waals surface area contributed by atoms with E-state index in [1.54, 1.807) is 12.1 Å². The molecular formula is C13H16FN3O. The number of hydrogen-bond donors (Lipinski definition) is 1. The van der Waals surface area contributed by atoms with Gasteiger partial charge in [-0.2, -0.15) is 4.98 Å². The molecule has 0 radical (unpaired) electrons. The molecule has 0 saturated carbocycles. The summed E-state index contributed by atoms with van der Waals surface area (Å²) in [5.41, 5.74) is 6.14. The Morgan fingerprint density at radius 2 is 2.17 bits per heavy atom. The molecule has 0 amide bonds. The molecule has 0 atom stereocenters. The van der Waals surface area contributed by atoms with Crippen molar-refractivity contribution in [3.05, 3.63) is 29.8 Å². The first-order valence-electron chi connectivity index (χ1n) is 5.94. The Labute approximate surface area is 105 Å². The standard InChI is InChI=1S/C13H16FN3O/c1-8(2)3-6-12-16-13(18-17-12)10-5-4-9(15)7-11(10)14/h4-5,7-8H,3,6,15H2,1-2H3. The summed E-state index contributed by atoms with van der Waals surface area (Å²) in [5, 5.41) is 3.84. The normalized spacial score (nSPS) is 11.1. The van der Waals surface area contributed by atoms with Crippen molar-refractivity contribution in [1.29, 1.82) is 0 Å². The highest BCUT2D eigenvalue weighted by Crippen LogP contribution is 2.23. The van der Waals surface area contributed by atoms with Gasteiger partial charge in [-0.1, -0.05) is 19.0 Å². The van der Waals surface area contributed by atoms with Crippen LogP contribution in [0.1, 0.15) is 26.1 Å². The van der Waals surface area contributed by atoms with Crippen molar-refractivity contribution in [2.24, 2.45) is 5.92 Å². The smallest absolute Gasteiger partial charge is 0.260 e. The number of hydrogen-bond acceptors (Lipinski definition) is 4. The lowest BCUT2D eigenvalue weighted by molar-refractivity contribution is 0.417. The quantitative estimate of drug-likeness (QED) is 0.846. The molecule has 2 rings (SSSR count). The van der Waals surface area contributed by atoms with Crippen molar-refractivity contribution < 1.29 is 8.91 Å². The highest BCUT2D eigenvalue weighted by atomic mass is 19.1. The van der Waals surface area contributed by atoms with Gasteiger partial charge >= 0.3 is 0 Å². The van der Waals surface area contributed by atoms with E-state index >= 15 is 0 Å². The Kier molecular flexibility index (Phi) is 3.60. The number of benzene rings is 1. The van der Waals surface area contributed by atoms with Crippen molar-refractivity contribution in [3.8, 4) is 11.5 Å². The SMILES string of the molecule is CC(C)CCc1noc(-c2ccc(N)cc2F)n1. The molecule has 5 heteroatoms. The Bertz CT molecular complexity index is 537. The van der Waals surface area contributed by atoms with Crippen molar-refractivity contribution in [2.75, 3.05) is 5.73 Å². The lowest BCUT2D eigenvalue weighted by Gasteiger charge is -1.99. The van der Waals surface area contributed by atoms with Crippen LogP contribution in [0.15, 0.2) is 22.7 Å². The van der Waals surface area contributed by atoms with E-state index in [1.165, 1.54) is 6.07 Å². The summed E-state index contributed by atoms with van der Waals surface area (Å²) in [4.78, 5) is 4.18. The summed E-state index contributed by atoms with van der Waals surface area (Å²) >= 11 is 0. The average molecular weight is 249 g/mol. The van der Waals surface area contributed by atoms with Crippen molar-refractivity contribution >= 4 is 5.69 Å². The third-order valence-corrected chi connectivity index (χ3v) is 2.64. The minimum Gasteiger partial charge on any atom is -0.399 e. The summed E-state index contributed by atoms with van der Waals surface area (Å²) in [7, 11) is 0. The summed E-state index contributed by atoms with van der Waals surface area (Å²) in [6.45, 7) is 4.25. The van der Waals surface area contributed by atoms with Gasteiger partial charge in [0.05, 0.1) is 5.56 Å². The molecule has 1 heterocycles. The Morgan fingerprint density at radius 1 is 1.39 bits per heavy atom. The van der Waals surface area contributed by atoms with Crippen molar-refractivity contribution in [1.82, 2.24) is 10.1 Å². The van der Waals surface area contributed by atoms with Crippen LogP contribution in [0.3, 0.4) is 0 Å². The van der Waals surface area contributed by atoms with Crippen molar-refractivity contribution in [3.63, 3.8) is 0 Å². The number of aromatic nitrogens is 2. The molecular weight excluding hydrogens is 233 g/mol. The van der Waals surface area contributed by atoms with Crippen LogP contribution < -0.4 is 5.73 Å². The lowest BCUT2D eigenvalue weighted by atomic mass is 10.1. The minimum absolute atomic E-state index is 0.200. The fourth-order valence-electron chi connectivity index (χ4n) is 1.59. The van der Waals surface area contributed by atoms with Gasteiger partial charge in [0.2, 0.25) is 0 Å². The molecule has 0 saturated heterocycles. The molecule has 0 unspecified atom stereocenters. The number of halogens is 1. The maximum atomic E-state index is 13.7. The van der Waals surface area contributed by atoms with Crippen LogP contribution in [0.2, 0.25) is 0 Å². The summed E-state index contributed by atoms with van der Waals surface area (Å²) in [6.07, 6.45) is 1.71. The fraction of sp³-hybridized carbons (Fsp3) is 0.385. The molecule has 0 bridgehead atoms. The predicted molar refractivity (Wildman–Crippen MR) is 67.3 cm³/mol. The van der Waals surface area contributed by atoms with Gasteiger partial charge in [-0.25, -0.2) is 4.39 Å². The zero-order valence-electron chi connectivity index (χ0n) is 10.5. The van der Waals surface area contributed by atoms with Crippen LogP contribution in [0.25, 0.3) is 11.5 Å². The molecule has 0 aliphatic carbocycles. The van der Waals surface area contributed by atoms with Gasteiger partial charge < -0.3 is 10.3 Å². The lowest BCUT2D eigenvalue weighted by Crippen LogP contribution is -1.94.